The molecule has 2 fully saturated rings. The van der Waals surface area contributed by atoms with Crippen molar-refractivity contribution in [3.05, 3.63) is 29.7 Å². The van der Waals surface area contributed by atoms with Gasteiger partial charge in [-0.05, 0) is 50.6 Å². The molecule has 2 saturated heterocycles. The predicted molar refractivity (Wildman–Crippen MR) is 102 cm³/mol. The Morgan fingerprint density at radius 3 is 2.85 bits per heavy atom. The molecule has 0 radical (unpaired) electrons. The van der Waals surface area contributed by atoms with E-state index in [1.807, 2.05) is 23.1 Å². The Hall–Kier alpha value is -1.88. The van der Waals surface area contributed by atoms with Gasteiger partial charge in [-0.2, -0.15) is 0 Å². The van der Waals surface area contributed by atoms with Gasteiger partial charge in [0.1, 0.15) is 5.52 Å². The monoisotopic (exact) mass is 355 g/mol. The number of carbonyl (C=O) groups is 1. The van der Waals surface area contributed by atoms with Crippen LogP contribution in [0, 0.1) is 5.41 Å². The molecule has 140 valence electrons. The van der Waals surface area contributed by atoms with E-state index in [2.05, 4.69) is 23.7 Å². The van der Waals surface area contributed by atoms with Crippen molar-refractivity contribution in [3.63, 3.8) is 0 Å². The van der Waals surface area contributed by atoms with E-state index in [9.17, 15) is 4.79 Å². The van der Waals surface area contributed by atoms with E-state index in [1.165, 1.54) is 13.0 Å². The van der Waals surface area contributed by atoms with E-state index >= 15 is 0 Å². The quantitative estimate of drug-likeness (QED) is 0.820. The van der Waals surface area contributed by atoms with Crippen molar-refractivity contribution in [2.24, 2.45) is 5.41 Å². The number of aromatic nitrogens is 1. The van der Waals surface area contributed by atoms with Crippen LogP contribution in [0.15, 0.2) is 22.6 Å². The standard InChI is InChI=1S/C21H29N3O2/c1-3-5-6-19-22-17-13-16(7-8-18(17)26-19)20(25)24-12-10-21(15-24)9-11-23(4-2)14-21/h7-8,13H,3-6,9-12,14-15H2,1-2H3. The summed E-state index contributed by atoms with van der Waals surface area (Å²) in [5.41, 5.74) is 2.63. The minimum absolute atomic E-state index is 0.136. The lowest BCUT2D eigenvalue weighted by molar-refractivity contribution is 0.0773. The number of hydrogen-bond acceptors (Lipinski definition) is 4. The molecule has 2 aromatic rings. The van der Waals surface area contributed by atoms with Crippen LogP contribution in [0.4, 0.5) is 0 Å². The smallest absolute Gasteiger partial charge is 0.253 e. The molecule has 2 aliphatic heterocycles. The van der Waals surface area contributed by atoms with E-state index in [-0.39, 0.29) is 5.91 Å². The molecule has 3 heterocycles. The number of oxazole rings is 1. The van der Waals surface area contributed by atoms with Gasteiger partial charge in [-0.15, -0.1) is 0 Å². The van der Waals surface area contributed by atoms with Crippen molar-refractivity contribution in [2.75, 3.05) is 32.7 Å². The Bertz CT molecular complexity index is 800. The molecule has 26 heavy (non-hydrogen) atoms. The highest BCUT2D eigenvalue weighted by Crippen LogP contribution is 2.39. The van der Waals surface area contributed by atoms with Gasteiger partial charge in [0.05, 0.1) is 0 Å². The van der Waals surface area contributed by atoms with Gasteiger partial charge in [-0.3, -0.25) is 4.79 Å². The van der Waals surface area contributed by atoms with Gasteiger partial charge in [0.15, 0.2) is 11.5 Å². The molecule has 5 nitrogen and oxygen atoms in total. The maximum absolute atomic E-state index is 13.0. The van der Waals surface area contributed by atoms with Crippen LogP contribution in [0.25, 0.3) is 11.1 Å². The van der Waals surface area contributed by atoms with Crippen LogP contribution in [0.1, 0.15) is 55.8 Å². The number of rotatable bonds is 5. The number of carbonyl (C=O) groups excluding carboxylic acids is 1. The minimum Gasteiger partial charge on any atom is -0.441 e. The van der Waals surface area contributed by atoms with Gasteiger partial charge in [-0.25, -0.2) is 4.98 Å². The fraction of sp³-hybridized carbons (Fsp3) is 0.619. The second kappa shape index (κ2) is 7.03. The molecule has 0 aliphatic carbocycles. The van der Waals surface area contributed by atoms with Crippen LogP contribution in [-0.2, 0) is 6.42 Å². The van der Waals surface area contributed by atoms with Crippen LogP contribution in [0.5, 0.6) is 0 Å². The summed E-state index contributed by atoms with van der Waals surface area (Å²) < 4.78 is 5.79. The molecule has 0 N–H and O–H groups in total. The molecule has 1 aromatic carbocycles. The molecule has 1 spiro atoms. The van der Waals surface area contributed by atoms with Crippen LogP contribution in [0.3, 0.4) is 0 Å². The summed E-state index contributed by atoms with van der Waals surface area (Å²) in [6.45, 7) is 9.56. The minimum atomic E-state index is 0.136. The number of nitrogens with zero attached hydrogens (tertiary/aromatic N) is 3. The van der Waals surface area contributed by atoms with Gasteiger partial charge in [0.2, 0.25) is 0 Å². The molecule has 5 heteroatoms. The molecule has 1 aromatic heterocycles. The van der Waals surface area contributed by atoms with Gasteiger partial charge in [-0.1, -0.05) is 20.3 Å². The van der Waals surface area contributed by atoms with Gasteiger partial charge in [0.25, 0.3) is 5.91 Å². The molecule has 1 amide bonds. The maximum atomic E-state index is 13.0. The highest BCUT2D eigenvalue weighted by atomic mass is 16.3. The van der Waals surface area contributed by atoms with Crippen molar-refractivity contribution < 1.29 is 9.21 Å². The zero-order chi connectivity index (χ0) is 18.1. The van der Waals surface area contributed by atoms with Crippen molar-refractivity contribution in [1.29, 1.82) is 0 Å². The second-order valence-corrected chi connectivity index (χ2v) is 7.99. The number of unbranched alkanes of at least 4 members (excludes halogenated alkanes) is 1. The van der Waals surface area contributed by atoms with Crippen molar-refractivity contribution >= 4 is 17.0 Å². The summed E-state index contributed by atoms with van der Waals surface area (Å²) in [4.78, 5) is 22.1. The highest BCUT2D eigenvalue weighted by Gasteiger charge is 2.44. The Morgan fingerprint density at radius 2 is 2.08 bits per heavy atom. The first-order valence-corrected chi connectivity index (χ1v) is 10.0. The third kappa shape index (κ3) is 3.25. The topological polar surface area (TPSA) is 49.6 Å². The number of aryl methyl sites for hydroxylation is 1. The maximum Gasteiger partial charge on any atom is 0.253 e. The second-order valence-electron chi connectivity index (χ2n) is 7.99. The van der Waals surface area contributed by atoms with Gasteiger partial charge < -0.3 is 14.2 Å². The molecular formula is C21H29N3O2. The highest BCUT2D eigenvalue weighted by molar-refractivity contribution is 5.97. The van der Waals surface area contributed by atoms with Crippen molar-refractivity contribution in [3.8, 4) is 0 Å². The lowest BCUT2D eigenvalue weighted by atomic mass is 9.86. The lowest BCUT2D eigenvalue weighted by Crippen LogP contribution is -2.34. The molecule has 4 rings (SSSR count). The number of fused-ring (bicyclic) bond motifs is 1. The van der Waals surface area contributed by atoms with Crippen molar-refractivity contribution in [2.45, 2.75) is 46.0 Å². The molecular weight excluding hydrogens is 326 g/mol. The van der Waals surface area contributed by atoms with Gasteiger partial charge in [0, 0.05) is 37.0 Å². The van der Waals surface area contributed by atoms with Crippen LogP contribution < -0.4 is 0 Å². The third-order valence-electron chi connectivity index (χ3n) is 6.11. The predicted octanol–water partition coefficient (Wildman–Crippen LogP) is 3.73. The summed E-state index contributed by atoms with van der Waals surface area (Å²) in [5, 5.41) is 0. The van der Waals surface area contributed by atoms with E-state index in [4.69, 9.17) is 4.42 Å². The first kappa shape index (κ1) is 17.5. The summed E-state index contributed by atoms with van der Waals surface area (Å²) in [6, 6.07) is 5.68. The fourth-order valence-electron chi connectivity index (χ4n) is 4.46. The Kier molecular flexibility index (Phi) is 4.74. The molecule has 1 atom stereocenters. The first-order valence-electron chi connectivity index (χ1n) is 10.0. The molecule has 2 aliphatic rings. The van der Waals surface area contributed by atoms with Crippen LogP contribution in [0.2, 0.25) is 0 Å². The van der Waals surface area contributed by atoms with E-state index in [0.29, 0.717) is 5.41 Å². The fourth-order valence-corrected chi connectivity index (χ4v) is 4.46. The SMILES string of the molecule is CCCCc1nc2cc(C(=O)N3CCC4(CCN(CC)C4)C3)ccc2o1. The average Bonchev–Trinajstić information content (AvgIpc) is 3.37. The Balaban J connectivity index is 1.48. The summed E-state index contributed by atoms with van der Waals surface area (Å²) in [6.07, 6.45) is 5.39. The number of hydrogen-bond donors (Lipinski definition) is 0. The van der Waals surface area contributed by atoms with Crippen LogP contribution in [-0.4, -0.2) is 53.4 Å². The molecule has 1 unspecified atom stereocenters. The number of benzene rings is 1. The number of likely N-dealkylation sites (tertiary alicyclic amines) is 2. The van der Waals surface area contributed by atoms with Crippen molar-refractivity contribution in [1.82, 2.24) is 14.8 Å². The zero-order valence-electron chi connectivity index (χ0n) is 16.0. The Labute approximate surface area is 155 Å². The average molecular weight is 355 g/mol. The first-order chi connectivity index (χ1) is 12.6. The molecule has 0 saturated carbocycles. The Morgan fingerprint density at radius 1 is 1.23 bits per heavy atom. The summed E-state index contributed by atoms with van der Waals surface area (Å²) >= 11 is 0. The summed E-state index contributed by atoms with van der Waals surface area (Å²) in [7, 11) is 0. The van der Waals surface area contributed by atoms with Gasteiger partial charge >= 0.3 is 0 Å². The van der Waals surface area contributed by atoms with E-state index < -0.39 is 0 Å². The van der Waals surface area contributed by atoms with Crippen LogP contribution >= 0.6 is 0 Å². The largest absolute Gasteiger partial charge is 0.441 e. The third-order valence-corrected chi connectivity index (χ3v) is 6.11. The van der Waals surface area contributed by atoms with E-state index in [0.717, 1.165) is 74.4 Å². The summed E-state index contributed by atoms with van der Waals surface area (Å²) in [5.74, 6) is 0.911. The normalized spacial score (nSPS) is 23.5. The zero-order valence-corrected chi connectivity index (χ0v) is 16.0. The molecule has 0 bridgehead atoms. The number of amides is 1. The lowest BCUT2D eigenvalue weighted by Gasteiger charge is -2.24. The van der Waals surface area contributed by atoms with E-state index in [1.54, 1.807) is 0 Å².